The summed E-state index contributed by atoms with van der Waals surface area (Å²) in [7, 11) is 0. The van der Waals surface area contributed by atoms with Gasteiger partial charge in [-0.2, -0.15) is 0 Å². The Balaban J connectivity index is 1.92. The van der Waals surface area contributed by atoms with Crippen molar-refractivity contribution in [3.05, 3.63) is 88.6 Å². The number of benzene rings is 3. The zero-order valence-corrected chi connectivity index (χ0v) is 14.4. The molecule has 0 radical (unpaired) electrons. The molecule has 1 aromatic heterocycles. The molecule has 0 N–H and O–H groups in total. The molecule has 4 rings (SSSR count). The second-order valence-corrected chi connectivity index (χ2v) is 6.54. The minimum atomic E-state index is -0.261. The summed E-state index contributed by atoms with van der Waals surface area (Å²) in [5, 5.41) is 0. The summed E-state index contributed by atoms with van der Waals surface area (Å²) in [5.74, 6) is 0.387. The van der Waals surface area contributed by atoms with Gasteiger partial charge in [-0.05, 0) is 42.0 Å². The fraction of sp³-hybridized carbons (Fsp3) is 0.0500. The molecule has 0 atom stereocenters. The highest BCUT2D eigenvalue weighted by molar-refractivity contribution is 9.10. The molecule has 0 saturated heterocycles. The van der Waals surface area contributed by atoms with Gasteiger partial charge in [0.15, 0.2) is 0 Å². The molecule has 118 valence electrons. The van der Waals surface area contributed by atoms with Crippen LogP contribution in [0.4, 0.5) is 4.39 Å². The van der Waals surface area contributed by atoms with Crippen molar-refractivity contribution in [3.63, 3.8) is 0 Å². The third-order valence-corrected chi connectivity index (χ3v) is 4.49. The summed E-state index contributed by atoms with van der Waals surface area (Å²) >= 11 is 3.51. The van der Waals surface area contributed by atoms with Crippen LogP contribution in [0.3, 0.4) is 0 Å². The molecule has 2 nitrogen and oxygen atoms in total. The zero-order valence-electron chi connectivity index (χ0n) is 12.8. The van der Waals surface area contributed by atoms with Crippen LogP contribution in [0.15, 0.2) is 77.3 Å². The van der Waals surface area contributed by atoms with E-state index < -0.39 is 0 Å². The van der Waals surface area contributed by atoms with Gasteiger partial charge in [0.1, 0.15) is 11.6 Å². The van der Waals surface area contributed by atoms with Crippen molar-refractivity contribution < 1.29 is 4.39 Å². The molecular formula is C20H14BrFN2. The lowest BCUT2D eigenvalue weighted by atomic mass is 10.2. The first kappa shape index (κ1) is 15.1. The van der Waals surface area contributed by atoms with Gasteiger partial charge in [0.25, 0.3) is 0 Å². The Labute approximate surface area is 147 Å². The van der Waals surface area contributed by atoms with Crippen LogP contribution in [-0.2, 0) is 6.54 Å². The third kappa shape index (κ3) is 2.74. The monoisotopic (exact) mass is 380 g/mol. The molecule has 0 fully saturated rings. The van der Waals surface area contributed by atoms with Gasteiger partial charge in [0.2, 0.25) is 0 Å². The standard InChI is InChI=1S/C20H14BrFN2/c21-15-7-5-6-14(12-15)13-24-19-11-4-3-10-18(19)23-20(24)16-8-1-2-9-17(16)22/h1-12H,13H2. The number of aromatic nitrogens is 2. The quantitative estimate of drug-likeness (QED) is 0.448. The van der Waals surface area contributed by atoms with E-state index in [1.54, 1.807) is 12.1 Å². The predicted molar refractivity (Wildman–Crippen MR) is 98.4 cm³/mol. The van der Waals surface area contributed by atoms with Crippen molar-refractivity contribution in [2.45, 2.75) is 6.54 Å². The van der Waals surface area contributed by atoms with Crippen molar-refractivity contribution in [1.82, 2.24) is 9.55 Å². The Bertz CT molecular complexity index is 1020. The van der Waals surface area contributed by atoms with Crippen LogP contribution >= 0.6 is 15.9 Å². The summed E-state index contributed by atoms with van der Waals surface area (Å²) in [5.41, 5.74) is 3.51. The molecule has 0 aliphatic rings. The van der Waals surface area contributed by atoms with Crippen LogP contribution in [0.5, 0.6) is 0 Å². The maximum atomic E-state index is 14.3. The van der Waals surface area contributed by atoms with Gasteiger partial charge in [-0.25, -0.2) is 9.37 Å². The number of halogens is 2. The number of hydrogen-bond acceptors (Lipinski definition) is 1. The van der Waals surface area contributed by atoms with Crippen molar-refractivity contribution in [1.29, 1.82) is 0 Å². The Hall–Kier alpha value is -2.46. The van der Waals surface area contributed by atoms with Crippen LogP contribution in [0.25, 0.3) is 22.4 Å². The van der Waals surface area contributed by atoms with Gasteiger partial charge in [-0.15, -0.1) is 0 Å². The van der Waals surface area contributed by atoms with Crippen molar-refractivity contribution in [2.75, 3.05) is 0 Å². The lowest BCUT2D eigenvalue weighted by Gasteiger charge is -2.10. The smallest absolute Gasteiger partial charge is 0.144 e. The lowest BCUT2D eigenvalue weighted by Crippen LogP contribution is -2.03. The fourth-order valence-electron chi connectivity index (χ4n) is 2.90. The molecule has 0 unspecified atom stereocenters. The van der Waals surface area contributed by atoms with Crippen molar-refractivity contribution in [3.8, 4) is 11.4 Å². The molecule has 24 heavy (non-hydrogen) atoms. The highest BCUT2D eigenvalue weighted by atomic mass is 79.9. The number of hydrogen-bond donors (Lipinski definition) is 0. The Morgan fingerprint density at radius 1 is 0.917 bits per heavy atom. The van der Waals surface area contributed by atoms with Crippen molar-refractivity contribution >= 4 is 27.0 Å². The molecule has 1 heterocycles. The predicted octanol–water partition coefficient (Wildman–Crippen LogP) is 5.65. The molecule has 4 aromatic rings. The number of para-hydroxylation sites is 2. The highest BCUT2D eigenvalue weighted by Crippen LogP contribution is 2.28. The molecule has 0 saturated carbocycles. The van der Waals surface area contributed by atoms with E-state index in [2.05, 4.69) is 37.6 Å². The summed E-state index contributed by atoms with van der Waals surface area (Å²) in [6.45, 7) is 0.629. The molecule has 0 spiro atoms. The maximum Gasteiger partial charge on any atom is 0.144 e. The molecular weight excluding hydrogens is 367 g/mol. The molecule has 0 bridgehead atoms. The summed E-state index contributed by atoms with van der Waals surface area (Å²) in [4.78, 5) is 4.67. The first-order valence-corrected chi connectivity index (χ1v) is 8.46. The molecule has 0 aliphatic carbocycles. The topological polar surface area (TPSA) is 17.8 Å². The van der Waals surface area contributed by atoms with Gasteiger partial charge in [-0.1, -0.05) is 52.3 Å². The van der Waals surface area contributed by atoms with E-state index in [4.69, 9.17) is 0 Å². The molecule has 0 amide bonds. The van der Waals surface area contributed by atoms with E-state index in [1.165, 1.54) is 6.07 Å². The van der Waals surface area contributed by atoms with Crippen LogP contribution < -0.4 is 0 Å². The Morgan fingerprint density at radius 2 is 1.71 bits per heavy atom. The summed E-state index contributed by atoms with van der Waals surface area (Å²) in [6, 6.07) is 22.8. The van der Waals surface area contributed by atoms with Crippen LogP contribution in [-0.4, -0.2) is 9.55 Å². The third-order valence-electron chi connectivity index (χ3n) is 4.00. The number of imidazole rings is 1. The van der Waals surface area contributed by atoms with Gasteiger partial charge in [-0.3, -0.25) is 0 Å². The van der Waals surface area contributed by atoms with E-state index in [0.717, 1.165) is 21.1 Å². The summed E-state index contributed by atoms with van der Waals surface area (Å²) < 4.78 is 17.4. The van der Waals surface area contributed by atoms with Crippen LogP contribution in [0.1, 0.15) is 5.56 Å². The molecule has 4 heteroatoms. The van der Waals surface area contributed by atoms with Gasteiger partial charge in [0, 0.05) is 11.0 Å². The van der Waals surface area contributed by atoms with Gasteiger partial charge < -0.3 is 4.57 Å². The second kappa shape index (κ2) is 6.21. The van der Waals surface area contributed by atoms with Crippen LogP contribution in [0, 0.1) is 5.82 Å². The number of fused-ring (bicyclic) bond motifs is 1. The molecule has 0 aliphatic heterocycles. The normalized spacial score (nSPS) is 11.1. The number of rotatable bonds is 3. The SMILES string of the molecule is Fc1ccccc1-c1nc2ccccc2n1Cc1cccc(Br)c1. The van der Waals surface area contributed by atoms with E-state index in [1.807, 2.05) is 42.5 Å². The Morgan fingerprint density at radius 3 is 2.54 bits per heavy atom. The minimum Gasteiger partial charge on any atom is -0.319 e. The van der Waals surface area contributed by atoms with Crippen LogP contribution in [0.2, 0.25) is 0 Å². The maximum absolute atomic E-state index is 14.3. The van der Waals surface area contributed by atoms with E-state index in [9.17, 15) is 4.39 Å². The number of nitrogens with zero attached hydrogens (tertiary/aromatic N) is 2. The fourth-order valence-corrected chi connectivity index (χ4v) is 3.35. The zero-order chi connectivity index (χ0) is 16.5. The van der Waals surface area contributed by atoms with E-state index >= 15 is 0 Å². The summed E-state index contributed by atoms with van der Waals surface area (Å²) in [6.07, 6.45) is 0. The first-order chi connectivity index (χ1) is 11.7. The average molecular weight is 381 g/mol. The highest BCUT2D eigenvalue weighted by Gasteiger charge is 2.15. The Kier molecular flexibility index (Phi) is 3.90. The van der Waals surface area contributed by atoms with E-state index in [0.29, 0.717) is 17.9 Å². The largest absolute Gasteiger partial charge is 0.319 e. The van der Waals surface area contributed by atoms with Gasteiger partial charge >= 0.3 is 0 Å². The molecule has 3 aromatic carbocycles. The average Bonchev–Trinajstić information content (AvgIpc) is 2.94. The second-order valence-electron chi connectivity index (χ2n) is 5.62. The minimum absolute atomic E-state index is 0.261. The lowest BCUT2D eigenvalue weighted by molar-refractivity contribution is 0.628. The van der Waals surface area contributed by atoms with Gasteiger partial charge in [0.05, 0.1) is 16.6 Å². The first-order valence-electron chi connectivity index (χ1n) is 7.67. The van der Waals surface area contributed by atoms with Crippen molar-refractivity contribution in [2.24, 2.45) is 0 Å². The van der Waals surface area contributed by atoms with E-state index in [-0.39, 0.29) is 5.82 Å².